The van der Waals surface area contributed by atoms with Crippen LogP contribution in [0.2, 0.25) is 5.02 Å². The van der Waals surface area contributed by atoms with E-state index in [1.165, 1.54) is 0 Å². The van der Waals surface area contributed by atoms with Crippen LogP contribution in [0.5, 0.6) is 0 Å². The first-order valence-corrected chi connectivity index (χ1v) is 7.95. The predicted molar refractivity (Wildman–Crippen MR) is 82.0 cm³/mol. The number of hydrogen-bond donors (Lipinski definition) is 0. The lowest BCUT2D eigenvalue weighted by atomic mass is 10.2. The van der Waals surface area contributed by atoms with Crippen LogP contribution < -0.4 is 0 Å². The Balaban J connectivity index is 2.16. The van der Waals surface area contributed by atoms with E-state index in [9.17, 15) is 0 Å². The van der Waals surface area contributed by atoms with Crippen molar-refractivity contribution < 1.29 is 0 Å². The van der Waals surface area contributed by atoms with E-state index in [4.69, 9.17) is 11.6 Å². The molecule has 0 aliphatic carbocycles. The summed E-state index contributed by atoms with van der Waals surface area (Å²) in [6.45, 7) is 2.10. The smallest absolute Gasteiger partial charge is 0.187 e. The highest BCUT2D eigenvalue weighted by Gasteiger charge is 2.20. The van der Waals surface area contributed by atoms with Crippen molar-refractivity contribution in [2.75, 3.05) is 5.75 Å². The van der Waals surface area contributed by atoms with Crippen molar-refractivity contribution in [3.05, 3.63) is 27.7 Å². The molecule has 1 aromatic heterocycles. The standard InChI is InChI=1S/C12H10BrClN4S/c1-2-8-6-19-12-16-15-11(18(12)17-8)9-5-7(14)3-4-10(9)13/h3-5H,2,6H2,1H3. The third-order valence-electron chi connectivity index (χ3n) is 2.80. The summed E-state index contributed by atoms with van der Waals surface area (Å²) in [5, 5.41) is 14.5. The van der Waals surface area contributed by atoms with Gasteiger partial charge in [0.25, 0.3) is 0 Å². The van der Waals surface area contributed by atoms with E-state index in [1.807, 2.05) is 18.2 Å². The monoisotopic (exact) mass is 356 g/mol. The summed E-state index contributed by atoms with van der Waals surface area (Å²) in [7, 11) is 0. The predicted octanol–water partition coefficient (Wildman–Crippen LogP) is 4.08. The average molecular weight is 358 g/mol. The fourth-order valence-corrected chi connectivity index (χ4v) is 3.28. The first kappa shape index (κ1) is 13.1. The number of aromatic nitrogens is 3. The highest BCUT2D eigenvalue weighted by atomic mass is 79.9. The Morgan fingerprint density at radius 2 is 2.26 bits per heavy atom. The van der Waals surface area contributed by atoms with Crippen molar-refractivity contribution in [3.63, 3.8) is 0 Å². The second-order valence-corrected chi connectivity index (χ2v) is 6.28. The Hall–Kier alpha value is -0.850. The summed E-state index contributed by atoms with van der Waals surface area (Å²) in [5.74, 6) is 1.59. The van der Waals surface area contributed by atoms with Gasteiger partial charge in [0.2, 0.25) is 5.16 Å². The molecule has 0 saturated carbocycles. The second kappa shape index (κ2) is 5.26. The molecule has 1 aliphatic rings. The maximum atomic E-state index is 6.05. The quantitative estimate of drug-likeness (QED) is 0.813. The van der Waals surface area contributed by atoms with Crippen LogP contribution in [-0.2, 0) is 0 Å². The minimum absolute atomic E-state index is 0.665. The molecular formula is C12H10BrClN4S. The molecule has 3 rings (SSSR count). The first-order chi connectivity index (χ1) is 9.19. The van der Waals surface area contributed by atoms with Gasteiger partial charge in [-0.05, 0) is 24.6 Å². The molecule has 0 bridgehead atoms. The summed E-state index contributed by atoms with van der Waals surface area (Å²) in [6.07, 6.45) is 0.931. The molecule has 2 aromatic rings. The van der Waals surface area contributed by atoms with Crippen molar-refractivity contribution in [2.45, 2.75) is 18.5 Å². The fraction of sp³-hybridized carbons (Fsp3) is 0.250. The molecule has 0 atom stereocenters. The number of rotatable bonds is 2. The van der Waals surface area contributed by atoms with Crippen LogP contribution in [0.25, 0.3) is 11.4 Å². The molecule has 19 heavy (non-hydrogen) atoms. The van der Waals surface area contributed by atoms with Crippen molar-refractivity contribution in [2.24, 2.45) is 5.10 Å². The Bertz CT molecular complexity index is 668. The molecule has 7 heteroatoms. The van der Waals surface area contributed by atoms with Gasteiger partial charge < -0.3 is 0 Å². The third kappa shape index (κ3) is 2.44. The highest BCUT2D eigenvalue weighted by molar-refractivity contribution is 9.10. The van der Waals surface area contributed by atoms with Crippen molar-refractivity contribution in [1.82, 2.24) is 14.9 Å². The molecule has 0 saturated heterocycles. The van der Waals surface area contributed by atoms with Crippen molar-refractivity contribution in [3.8, 4) is 11.4 Å². The Morgan fingerprint density at radius 3 is 3.05 bits per heavy atom. The lowest BCUT2D eigenvalue weighted by Gasteiger charge is -2.12. The van der Waals surface area contributed by atoms with E-state index in [0.717, 1.165) is 33.1 Å². The lowest BCUT2D eigenvalue weighted by Crippen LogP contribution is -2.11. The van der Waals surface area contributed by atoms with Crippen LogP contribution in [0, 0.1) is 0 Å². The molecule has 98 valence electrons. The van der Waals surface area contributed by atoms with Gasteiger partial charge in [0.05, 0.1) is 0 Å². The molecule has 0 N–H and O–H groups in total. The van der Waals surface area contributed by atoms with Crippen molar-refractivity contribution in [1.29, 1.82) is 0 Å². The summed E-state index contributed by atoms with van der Waals surface area (Å²) < 4.78 is 2.72. The molecule has 2 heterocycles. The number of benzene rings is 1. The number of hydrogen-bond acceptors (Lipinski definition) is 4. The van der Waals surface area contributed by atoms with Gasteiger partial charge in [-0.1, -0.05) is 46.2 Å². The van der Waals surface area contributed by atoms with Crippen LogP contribution in [0.1, 0.15) is 13.3 Å². The van der Waals surface area contributed by atoms with Crippen LogP contribution >= 0.6 is 39.3 Å². The van der Waals surface area contributed by atoms with Gasteiger partial charge in [-0.15, -0.1) is 10.2 Å². The molecule has 0 spiro atoms. The normalized spacial score (nSPS) is 14.2. The minimum atomic E-state index is 0.665. The van der Waals surface area contributed by atoms with Gasteiger partial charge in [-0.25, -0.2) is 0 Å². The zero-order valence-electron chi connectivity index (χ0n) is 10.1. The van der Waals surface area contributed by atoms with Crippen LogP contribution in [0.3, 0.4) is 0 Å². The molecule has 1 aromatic carbocycles. The second-order valence-electron chi connectivity index (χ2n) is 4.05. The maximum absolute atomic E-state index is 6.05. The van der Waals surface area contributed by atoms with Crippen molar-refractivity contribution >= 4 is 45.0 Å². The first-order valence-electron chi connectivity index (χ1n) is 5.79. The van der Waals surface area contributed by atoms with Gasteiger partial charge in [0, 0.05) is 26.5 Å². The van der Waals surface area contributed by atoms with Crippen LogP contribution in [0.15, 0.2) is 32.9 Å². The van der Waals surface area contributed by atoms with E-state index < -0.39 is 0 Å². The average Bonchev–Trinajstić information content (AvgIpc) is 2.84. The molecule has 0 unspecified atom stereocenters. The number of fused-ring (bicyclic) bond motifs is 1. The minimum Gasteiger partial charge on any atom is -0.187 e. The SMILES string of the molecule is CCC1=Nn2c(nnc2-c2cc(Cl)ccc2Br)SC1. The molecule has 0 fully saturated rings. The summed E-state index contributed by atoms with van der Waals surface area (Å²) in [5.41, 5.74) is 2.03. The van der Waals surface area contributed by atoms with Crippen LogP contribution in [-0.4, -0.2) is 26.3 Å². The van der Waals surface area contributed by atoms with Gasteiger partial charge in [-0.3, -0.25) is 0 Å². The zero-order valence-corrected chi connectivity index (χ0v) is 13.3. The van der Waals surface area contributed by atoms with E-state index in [-0.39, 0.29) is 0 Å². The topological polar surface area (TPSA) is 43.1 Å². The largest absolute Gasteiger partial charge is 0.212 e. The highest BCUT2D eigenvalue weighted by Crippen LogP contribution is 2.33. The Morgan fingerprint density at radius 1 is 1.42 bits per heavy atom. The number of nitrogens with zero attached hydrogens (tertiary/aromatic N) is 4. The van der Waals surface area contributed by atoms with Crippen LogP contribution in [0.4, 0.5) is 0 Å². The molecule has 4 nitrogen and oxygen atoms in total. The third-order valence-corrected chi connectivity index (χ3v) is 4.72. The Labute approximate surface area is 128 Å². The fourth-order valence-electron chi connectivity index (χ4n) is 1.77. The lowest BCUT2D eigenvalue weighted by molar-refractivity contribution is 0.757. The number of halogens is 2. The Kier molecular flexibility index (Phi) is 3.64. The van der Waals surface area contributed by atoms with E-state index in [2.05, 4.69) is 38.2 Å². The van der Waals surface area contributed by atoms with Gasteiger partial charge in [0.15, 0.2) is 5.82 Å². The summed E-state index contributed by atoms with van der Waals surface area (Å²) >= 11 is 11.2. The van der Waals surface area contributed by atoms with Gasteiger partial charge in [-0.2, -0.15) is 9.78 Å². The van der Waals surface area contributed by atoms with E-state index in [1.54, 1.807) is 16.4 Å². The zero-order chi connectivity index (χ0) is 13.4. The van der Waals surface area contributed by atoms with Gasteiger partial charge >= 0.3 is 0 Å². The van der Waals surface area contributed by atoms with E-state index >= 15 is 0 Å². The van der Waals surface area contributed by atoms with E-state index in [0.29, 0.717) is 10.8 Å². The van der Waals surface area contributed by atoms with Gasteiger partial charge in [0.1, 0.15) is 0 Å². The summed E-state index contributed by atoms with van der Waals surface area (Å²) in [6, 6.07) is 5.60. The molecule has 0 radical (unpaired) electrons. The molecular weight excluding hydrogens is 348 g/mol. The maximum Gasteiger partial charge on any atom is 0.212 e. The molecule has 0 amide bonds. The summed E-state index contributed by atoms with van der Waals surface area (Å²) in [4.78, 5) is 0. The molecule has 1 aliphatic heterocycles. The number of thioether (sulfide) groups is 1.